The smallest absolute Gasteiger partial charge is 0.127 e. The summed E-state index contributed by atoms with van der Waals surface area (Å²) in [5.74, 6) is 0.889. The van der Waals surface area contributed by atoms with E-state index in [4.69, 9.17) is 15.5 Å². The Hall–Kier alpha value is -3.24. The van der Waals surface area contributed by atoms with Gasteiger partial charge in [-0.1, -0.05) is 37.3 Å². The Morgan fingerprint density at radius 1 is 1.06 bits per heavy atom. The molecular formula is C29H31N3O. The molecule has 0 spiro atoms. The molecule has 2 unspecified atom stereocenters. The molecule has 0 aliphatic carbocycles. The summed E-state index contributed by atoms with van der Waals surface area (Å²) in [5, 5.41) is 1.12. The SMILES string of the molecule is Cc1ccccc1-c1ccc2nc(N)c(CC(C)c3cncc(C4CCCCO4)c3)cc2c1. The number of aromatic nitrogens is 2. The van der Waals surface area contributed by atoms with E-state index in [2.05, 4.69) is 73.4 Å². The Labute approximate surface area is 195 Å². The van der Waals surface area contributed by atoms with Crippen molar-refractivity contribution in [3.63, 3.8) is 0 Å². The average molecular weight is 438 g/mol. The van der Waals surface area contributed by atoms with Crippen molar-refractivity contribution in [1.29, 1.82) is 0 Å². The zero-order valence-electron chi connectivity index (χ0n) is 19.4. The molecule has 2 atom stereocenters. The molecule has 0 bridgehead atoms. The summed E-state index contributed by atoms with van der Waals surface area (Å²) >= 11 is 0. The molecule has 0 saturated carbocycles. The molecule has 0 amide bonds. The number of hydrogen-bond acceptors (Lipinski definition) is 4. The normalized spacial score (nSPS) is 17.2. The molecule has 4 nitrogen and oxygen atoms in total. The Bertz CT molecular complexity index is 1280. The van der Waals surface area contributed by atoms with Crippen LogP contribution in [0, 0.1) is 6.92 Å². The lowest BCUT2D eigenvalue weighted by Gasteiger charge is -2.23. The van der Waals surface area contributed by atoms with Gasteiger partial charge < -0.3 is 10.5 Å². The molecule has 2 aromatic heterocycles. The Morgan fingerprint density at radius 3 is 2.76 bits per heavy atom. The van der Waals surface area contributed by atoms with Crippen molar-refractivity contribution in [2.75, 3.05) is 12.3 Å². The van der Waals surface area contributed by atoms with E-state index in [0.717, 1.165) is 42.3 Å². The number of aryl methyl sites for hydroxylation is 1. The van der Waals surface area contributed by atoms with Crippen LogP contribution in [0.15, 0.2) is 67.0 Å². The molecule has 33 heavy (non-hydrogen) atoms. The van der Waals surface area contributed by atoms with Crippen LogP contribution in [0.25, 0.3) is 22.0 Å². The standard InChI is InChI=1S/C29H31N3O/c1-19-7-3-4-8-26(19)21-10-11-27-22(14-21)15-23(29(30)32-27)13-20(2)24-16-25(18-31-17-24)28-9-5-6-12-33-28/h3-4,7-8,10-11,14-18,20,28H,5-6,9,12-13H2,1-2H3,(H2,30,32). The first-order valence-electron chi connectivity index (χ1n) is 11.9. The van der Waals surface area contributed by atoms with Gasteiger partial charge in [0.05, 0.1) is 11.6 Å². The van der Waals surface area contributed by atoms with E-state index < -0.39 is 0 Å². The van der Waals surface area contributed by atoms with Crippen molar-refractivity contribution < 1.29 is 4.74 Å². The van der Waals surface area contributed by atoms with Gasteiger partial charge in [-0.3, -0.25) is 4.98 Å². The lowest BCUT2D eigenvalue weighted by molar-refractivity contribution is 0.0147. The minimum atomic E-state index is 0.172. The van der Waals surface area contributed by atoms with Crippen molar-refractivity contribution in [2.45, 2.75) is 51.6 Å². The molecule has 0 radical (unpaired) electrons. The van der Waals surface area contributed by atoms with Crippen LogP contribution in [-0.4, -0.2) is 16.6 Å². The highest BCUT2D eigenvalue weighted by molar-refractivity contribution is 5.87. The van der Waals surface area contributed by atoms with Crippen molar-refractivity contribution in [3.05, 3.63) is 89.2 Å². The fourth-order valence-electron chi connectivity index (χ4n) is 4.84. The quantitative estimate of drug-likeness (QED) is 0.374. The van der Waals surface area contributed by atoms with Crippen molar-refractivity contribution in [3.8, 4) is 11.1 Å². The van der Waals surface area contributed by atoms with Crippen LogP contribution in [0.5, 0.6) is 0 Å². The zero-order chi connectivity index (χ0) is 22.8. The molecule has 2 N–H and O–H groups in total. The van der Waals surface area contributed by atoms with Gasteiger partial charge in [-0.2, -0.15) is 0 Å². The average Bonchev–Trinajstić information content (AvgIpc) is 2.85. The fraction of sp³-hybridized carbons (Fsp3) is 0.310. The van der Waals surface area contributed by atoms with Crippen LogP contribution in [0.1, 0.15) is 60.5 Å². The molecule has 168 valence electrons. The van der Waals surface area contributed by atoms with Crippen molar-refractivity contribution in [2.24, 2.45) is 0 Å². The molecule has 1 fully saturated rings. The van der Waals surface area contributed by atoms with Gasteiger partial charge in [-0.05, 0) is 96.2 Å². The van der Waals surface area contributed by atoms with Crippen molar-refractivity contribution in [1.82, 2.24) is 9.97 Å². The third-order valence-corrected chi connectivity index (χ3v) is 6.81. The third kappa shape index (κ3) is 4.62. The largest absolute Gasteiger partial charge is 0.383 e. The van der Waals surface area contributed by atoms with Crippen molar-refractivity contribution >= 4 is 16.7 Å². The Kier molecular flexibility index (Phi) is 6.10. The zero-order valence-corrected chi connectivity index (χ0v) is 19.4. The van der Waals surface area contributed by atoms with Crippen LogP contribution in [0.3, 0.4) is 0 Å². The number of hydrogen-bond donors (Lipinski definition) is 1. The lowest BCUT2D eigenvalue weighted by atomic mass is 9.92. The van der Waals surface area contributed by atoms with E-state index in [0.29, 0.717) is 5.82 Å². The van der Waals surface area contributed by atoms with Gasteiger partial charge >= 0.3 is 0 Å². The number of nitrogen functional groups attached to an aromatic ring is 1. The maximum Gasteiger partial charge on any atom is 0.127 e. The highest BCUT2D eigenvalue weighted by Crippen LogP contribution is 2.32. The molecule has 4 aromatic rings. The van der Waals surface area contributed by atoms with Gasteiger partial charge in [0.15, 0.2) is 0 Å². The molecule has 3 heterocycles. The van der Waals surface area contributed by atoms with E-state index in [1.54, 1.807) is 0 Å². The lowest BCUT2D eigenvalue weighted by Crippen LogP contribution is -2.12. The van der Waals surface area contributed by atoms with E-state index in [1.165, 1.54) is 34.2 Å². The second-order valence-corrected chi connectivity index (χ2v) is 9.27. The molecule has 2 aromatic carbocycles. The monoisotopic (exact) mass is 437 g/mol. The summed E-state index contributed by atoms with van der Waals surface area (Å²) < 4.78 is 5.97. The first-order chi connectivity index (χ1) is 16.1. The first-order valence-corrected chi connectivity index (χ1v) is 11.9. The second kappa shape index (κ2) is 9.32. The second-order valence-electron chi connectivity index (χ2n) is 9.27. The van der Waals surface area contributed by atoms with Gasteiger partial charge in [-0.15, -0.1) is 0 Å². The summed E-state index contributed by atoms with van der Waals surface area (Å²) in [5.41, 5.74) is 14.5. The fourth-order valence-corrected chi connectivity index (χ4v) is 4.84. The van der Waals surface area contributed by atoms with Gasteiger partial charge in [0.25, 0.3) is 0 Å². The van der Waals surface area contributed by atoms with Gasteiger partial charge in [0.2, 0.25) is 0 Å². The maximum atomic E-state index is 6.39. The van der Waals surface area contributed by atoms with E-state index in [9.17, 15) is 0 Å². The van der Waals surface area contributed by atoms with Gasteiger partial charge in [-0.25, -0.2) is 4.98 Å². The maximum absolute atomic E-state index is 6.39. The predicted octanol–water partition coefficient (Wildman–Crippen LogP) is 6.78. The molecule has 4 heteroatoms. The predicted molar refractivity (Wildman–Crippen MR) is 135 cm³/mol. The number of nitrogens with two attached hydrogens (primary N) is 1. The number of nitrogens with zero attached hydrogens (tertiary/aromatic N) is 2. The Balaban J connectivity index is 1.42. The summed E-state index contributed by atoms with van der Waals surface area (Å²) in [4.78, 5) is 9.23. The highest BCUT2D eigenvalue weighted by atomic mass is 16.5. The Morgan fingerprint density at radius 2 is 1.94 bits per heavy atom. The summed E-state index contributed by atoms with van der Waals surface area (Å²) in [6, 6.07) is 19.4. The summed E-state index contributed by atoms with van der Waals surface area (Å²) in [7, 11) is 0. The van der Waals surface area contributed by atoms with Crippen LogP contribution in [0.2, 0.25) is 0 Å². The molecule has 1 aliphatic heterocycles. The number of rotatable bonds is 5. The number of benzene rings is 2. The minimum Gasteiger partial charge on any atom is -0.383 e. The van der Waals surface area contributed by atoms with E-state index >= 15 is 0 Å². The summed E-state index contributed by atoms with van der Waals surface area (Å²) in [6.07, 6.45) is 8.35. The van der Waals surface area contributed by atoms with E-state index in [1.807, 2.05) is 12.4 Å². The third-order valence-electron chi connectivity index (χ3n) is 6.81. The first kappa shape index (κ1) is 21.6. The van der Waals surface area contributed by atoms with Crippen LogP contribution in [-0.2, 0) is 11.2 Å². The number of fused-ring (bicyclic) bond motifs is 1. The van der Waals surface area contributed by atoms with Crippen LogP contribution in [0.4, 0.5) is 5.82 Å². The molecule has 5 rings (SSSR count). The summed E-state index contributed by atoms with van der Waals surface area (Å²) in [6.45, 7) is 5.22. The number of anilines is 1. The topological polar surface area (TPSA) is 61.0 Å². The molecule has 1 saturated heterocycles. The van der Waals surface area contributed by atoms with Crippen LogP contribution >= 0.6 is 0 Å². The molecular weight excluding hydrogens is 406 g/mol. The minimum absolute atomic E-state index is 0.172. The number of ether oxygens (including phenoxy) is 1. The van der Waals surface area contributed by atoms with Crippen LogP contribution < -0.4 is 5.73 Å². The molecule has 1 aliphatic rings. The van der Waals surface area contributed by atoms with Gasteiger partial charge in [0, 0.05) is 24.4 Å². The number of pyridine rings is 2. The van der Waals surface area contributed by atoms with E-state index in [-0.39, 0.29) is 12.0 Å². The van der Waals surface area contributed by atoms with Gasteiger partial charge in [0.1, 0.15) is 5.82 Å². The highest BCUT2D eigenvalue weighted by Gasteiger charge is 2.18.